The van der Waals surface area contributed by atoms with E-state index in [9.17, 15) is 4.79 Å². The van der Waals surface area contributed by atoms with E-state index in [1.807, 2.05) is 37.5 Å². The normalized spacial score (nSPS) is 19.3. The summed E-state index contributed by atoms with van der Waals surface area (Å²) in [4.78, 5) is 22.2. The molecule has 128 valence electrons. The summed E-state index contributed by atoms with van der Waals surface area (Å²) in [6.07, 6.45) is 8.59. The molecule has 2 fully saturated rings. The Morgan fingerprint density at radius 2 is 2.04 bits per heavy atom. The third kappa shape index (κ3) is 2.66. The van der Waals surface area contributed by atoms with E-state index in [0.29, 0.717) is 6.04 Å². The molecule has 8 heteroatoms. The fourth-order valence-corrected chi connectivity index (χ4v) is 3.34. The molecule has 0 spiro atoms. The summed E-state index contributed by atoms with van der Waals surface area (Å²) < 4.78 is 4.07. The molecule has 2 aromatic heterocycles. The van der Waals surface area contributed by atoms with Gasteiger partial charge in [0.2, 0.25) is 0 Å². The Bertz CT molecular complexity index is 730. The molecule has 0 N–H and O–H groups in total. The van der Waals surface area contributed by atoms with Crippen LogP contribution in [-0.4, -0.2) is 74.9 Å². The van der Waals surface area contributed by atoms with Gasteiger partial charge in [-0.05, 0) is 0 Å². The number of imidazole rings is 1. The van der Waals surface area contributed by atoms with E-state index in [-0.39, 0.29) is 6.03 Å². The maximum Gasteiger partial charge on any atom is 0.324 e. The highest BCUT2D eigenvalue weighted by molar-refractivity contribution is 5.93. The van der Waals surface area contributed by atoms with Gasteiger partial charge in [-0.3, -0.25) is 14.5 Å². The van der Waals surface area contributed by atoms with Gasteiger partial charge < -0.3 is 9.47 Å². The van der Waals surface area contributed by atoms with E-state index in [2.05, 4.69) is 19.5 Å². The summed E-state index contributed by atoms with van der Waals surface area (Å²) >= 11 is 0. The molecule has 0 aromatic carbocycles. The van der Waals surface area contributed by atoms with Crippen molar-refractivity contribution in [2.24, 2.45) is 7.05 Å². The summed E-state index contributed by atoms with van der Waals surface area (Å²) in [5, 5.41) is 4.46. The zero-order chi connectivity index (χ0) is 16.7. The molecule has 4 heterocycles. The lowest BCUT2D eigenvalue weighted by Gasteiger charge is -2.39. The number of aryl methyl sites for hydroxylation is 1. The number of rotatable bonds is 5. The third-order valence-corrected chi connectivity index (χ3v) is 5.03. The second kappa shape index (κ2) is 5.94. The number of hydrogen-bond acceptors (Lipinski definition) is 4. The first kappa shape index (κ1) is 15.2. The summed E-state index contributed by atoms with van der Waals surface area (Å²) in [6.45, 7) is 4.57. The molecule has 0 bridgehead atoms. The second-order valence-corrected chi connectivity index (χ2v) is 6.69. The van der Waals surface area contributed by atoms with Gasteiger partial charge in [-0.15, -0.1) is 0 Å². The number of hydrogen-bond donors (Lipinski definition) is 0. The van der Waals surface area contributed by atoms with Crippen LogP contribution in [0.1, 0.15) is 11.7 Å². The van der Waals surface area contributed by atoms with Crippen molar-refractivity contribution < 1.29 is 4.79 Å². The maximum absolute atomic E-state index is 12.0. The fourth-order valence-electron chi connectivity index (χ4n) is 3.34. The van der Waals surface area contributed by atoms with Gasteiger partial charge in [0.15, 0.2) is 0 Å². The Labute approximate surface area is 141 Å². The van der Waals surface area contributed by atoms with Gasteiger partial charge in [0, 0.05) is 71.3 Å². The number of likely N-dealkylation sites (N-methyl/N-ethyl adjacent to an activating group) is 1. The van der Waals surface area contributed by atoms with Crippen LogP contribution in [0.2, 0.25) is 0 Å². The Balaban J connectivity index is 1.30. The molecule has 2 saturated heterocycles. The van der Waals surface area contributed by atoms with E-state index in [1.54, 1.807) is 16.0 Å². The van der Waals surface area contributed by atoms with Crippen molar-refractivity contribution in [3.05, 3.63) is 30.6 Å². The minimum Gasteiger partial charge on any atom is -0.338 e. The molecule has 2 aromatic rings. The van der Waals surface area contributed by atoms with E-state index in [4.69, 9.17) is 0 Å². The number of aromatic nitrogens is 4. The van der Waals surface area contributed by atoms with Crippen molar-refractivity contribution in [3.63, 3.8) is 0 Å². The van der Waals surface area contributed by atoms with Crippen molar-refractivity contribution in [1.29, 1.82) is 0 Å². The SMILES string of the molecule is CN1CCN(c2cnn(C3CN(CCc4cncn4C)C3)c2)C1=O. The predicted octanol–water partition coefficient (Wildman–Crippen LogP) is 0.588. The van der Waals surface area contributed by atoms with Crippen molar-refractivity contribution in [3.8, 4) is 0 Å². The lowest BCUT2D eigenvalue weighted by Crippen LogP contribution is -2.48. The molecule has 0 unspecified atom stereocenters. The molecule has 24 heavy (non-hydrogen) atoms. The van der Waals surface area contributed by atoms with Crippen LogP contribution in [0.15, 0.2) is 24.9 Å². The minimum absolute atomic E-state index is 0.0564. The summed E-state index contributed by atoms with van der Waals surface area (Å²) in [5.74, 6) is 0. The smallest absolute Gasteiger partial charge is 0.324 e. The largest absolute Gasteiger partial charge is 0.338 e. The molecule has 0 radical (unpaired) electrons. The zero-order valence-electron chi connectivity index (χ0n) is 14.2. The molecule has 4 rings (SSSR count). The predicted molar refractivity (Wildman–Crippen MR) is 90.0 cm³/mol. The first-order chi connectivity index (χ1) is 11.6. The van der Waals surface area contributed by atoms with Crippen LogP contribution in [0.25, 0.3) is 0 Å². The Morgan fingerprint density at radius 3 is 2.71 bits per heavy atom. The average molecular weight is 329 g/mol. The zero-order valence-corrected chi connectivity index (χ0v) is 14.2. The number of amides is 2. The topological polar surface area (TPSA) is 62.4 Å². The summed E-state index contributed by atoms with van der Waals surface area (Å²) in [6, 6.07) is 0.460. The van der Waals surface area contributed by atoms with Gasteiger partial charge in [0.25, 0.3) is 0 Å². The van der Waals surface area contributed by atoms with E-state index in [0.717, 1.165) is 44.8 Å². The van der Waals surface area contributed by atoms with Gasteiger partial charge in [-0.1, -0.05) is 0 Å². The standard InChI is InChI=1S/C16H23N7O/c1-19-5-6-22(16(19)24)14-8-18-23(11-14)15-9-21(10-15)4-3-13-7-17-12-20(13)2/h7-8,11-12,15H,3-6,9-10H2,1-2H3. The van der Waals surface area contributed by atoms with Gasteiger partial charge in [0.05, 0.1) is 24.3 Å². The molecule has 0 atom stereocenters. The number of nitrogens with zero attached hydrogens (tertiary/aromatic N) is 7. The van der Waals surface area contributed by atoms with Crippen LogP contribution in [0.4, 0.5) is 10.5 Å². The van der Waals surface area contributed by atoms with E-state index in [1.165, 1.54) is 5.69 Å². The highest BCUT2D eigenvalue weighted by Gasteiger charge is 2.31. The molecular formula is C16H23N7O. The number of likely N-dealkylation sites (tertiary alicyclic amines) is 1. The fraction of sp³-hybridized carbons (Fsp3) is 0.562. The van der Waals surface area contributed by atoms with Crippen molar-refractivity contribution in [2.45, 2.75) is 12.5 Å². The molecule has 8 nitrogen and oxygen atoms in total. The first-order valence-corrected chi connectivity index (χ1v) is 8.36. The van der Waals surface area contributed by atoms with Crippen LogP contribution in [0, 0.1) is 0 Å². The summed E-state index contributed by atoms with van der Waals surface area (Å²) in [5.41, 5.74) is 2.16. The third-order valence-electron chi connectivity index (χ3n) is 5.03. The number of anilines is 1. The highest BCUT2D eigenvalue weighted by atomic mass is 16.2. The molecule has 2 amide bonds. The van der Waals surface area contributed by atoms with Crippen molar-refractivity contribution >= 4 is 11.7 Å². The second-order valence-electron chi connectivity index (χ2n) is 6.69. The first-order valence-electron chi connectivity index (χ1n) is 8.36. The molecule has 0 aliphatic carbocycles. The summed E-state index contributed by atoms with van der Waals surface area (Å²) in [7, 11) is 3.86. The highest BCUT2D eigenvalue weighted by Crippen LogP contribution is 2.25. The maximum atomic E-state index is 12.0. The lowest BCUT2D eigenvalue weighted by atomic mass is 10.1. The number of urea groups is 1. The molecule has 0 saturated carbocycles. The Kier molecular flexibility index (Phi) is 3.76. The number of carbonyl (C=O) groups excluding carboxylic acids is 1. The average Bonchev–Trinajstić information content (AvgIpc) is 3.22. The van der Waals surface area contributed by atoms with Gasteiger partial charge in [0.1, 0.15) is 0 Å². The van der Waals surface area contributed by atoms with Crippen LogP contribution < -0.4 is 4.90 Å². The van der Waals surface area contributed by atoms with Crippen LogP contribution in [0.3, 0.4) is 0 Å². The Morgan fingerprint density at radius 1 is 1.21 bits per heavy atom. The van der Waals surface area contributed by atoms with Gasteiger partial charge in [-0.25, -0.2) is 9.78 Å². The van der Waals surface area contributed by atoms with Gasteiger partial charge in [-0.2, -0.15) is 5.10 Å². The number of carbonyl (C=O) groups is 1. The lowest BCUT2D eigenvalue weighted by molar-refractivity contribution is 0.0996. The minimum atomic E-state index is 0.0564. The van der Waals surface area contributed by atoms with Crippen LogP contribution >= 0.6 is 0 Å². The quantitative estimate of drug-likeness (QED) is 0.805. The van der Waals surface area contributed by atoms with Crippen molar-refractivity contribution in [1.82, 2.24) is 29.1 Å². The van der Waals surface area contributed by atoms with Crippen LogP contribution in [0.5, 0.6) is 0 Å². The molecular weight excluding hydrogens is 306 g/mol. The van der Waals surface area contributed by atoms with Crippen LogP contribution in [-0.2, 0) is 13.5 Å². The van der Waals surface area contributed by atoms with E-state index < -0.39 is 0 Å². The Hall–Kier alpha value is -2.35. The van der Waals surface area contributed by atoms with E-state index >= 15 is 0 Å². The van der Waals surface area contributed by atoms with Gasteiger partial charge >= 0.3 is 6.03 Å². The molecule has 2 aliphatic rings. The molecule has 2 aliphatic heterocycles. The van der Waals surface area contributed by atoms with Crippen molar-refractivity contribution in [2.75, 3.05) is 44.7 Å². The monoisotopic (exact) mass is 329 g/mol.